The van der Waals surface area contributed by atoms with Crippen LogP contribution in [0.25, 0.3) is 55.3 Å². The fourth-order valence-electron chi connectivity index (χ4n) is 11.0. The fourth-order valence-corrected chi connectivity index (χ4v) is 11.0. The van der Waals surface area contributed by atoms with Gasteiger partial charge in [0.1, 0.15) is 0 Å². The predicted molar refractivity (Wildman–Crippen MR) is 264 cm³/mol. The Balaban J connectivity index is 1.16. The topological polar surface area (TPSA) is 3.24 Å². The van der Waals surface area contributed by atoms with E-state index in [-0.39, 0.29) is 5.41 Å². The second-order valence-electron chi connectivity index (χ2n) is 17.7. The van der Waals surface area contributed by atoms with Gasteiger partial charge in [-0.25, -0.2) is 0 Å². The van der Waals surface area contributed by atoms with Crippen molar-refractivity contribution in [2.24, 2.45) is 0 Å². The van der Waals surface area contributed by atoms with Crippen LogP contribution >= 0.6 is 0 Å². The van der Waals surface area contributed by atoms with Crippen molar-refractivity contribution in [1.29, 1.82) is 0 Å². The van der Waals surface area contributed by atoms with Crippen molar-refractivity contribution in [3.8, 4) is 44.5 Å². The molecule has 0 fully saturated rings. The van der Waals surface area contributed by atoms with Crippen molar-refractivity contribution in [2.75, 3.05) is 4.90 Å². The molecule has 12 rings (SSSR count). The van der Waals surface area contributed by atoms with Crippen LogP contribution in [0.2, 0.25) is 0 Å². The lowest BCUT2D eigenvalue weighted by atomic mass is 9.67. The Morgan fingerprint density at radius 2 is 0.810 bits per heavy atom. The van der Waals surface area contributed by atoms with Crippen molar-refractivity contribution in [2.45, 2.75) is 24.7 Å². The molecule has 0 aromatic heterocycles. The zero-order valence-electron chi connectivity index (χ0n) is 35.5. The van der Waals surface area contributed by atoms with Crippen LogP contribution in [0, 0.1) is 0 Å². The first kappa shape index (κ1) is 37.1. The summed E-state index contributed by atoms with van der Waals surface area (Å²) >= 11 is 0. The molecule has 0 N–H and O–H groups in total. The maximum Gasteiger partial charge on any atom is 0.0714 e. The Bertz CT molecular complexity index is 3320. The number of hydrogen-bond donors (Lipinski definition) is 0. The number of nitrogens with zero attached hydrogens (tertiary/aromatic N) is 1. The summed E-state index contributed by atoms with van der Waals surface area (Å²) in [6.07, 6.45) is 0. The number of hydrogen-bond acceptors (Lipinski definition) is 1. The molecule has 0 aliphatic heterocycles. The standard InChI is InChI=1S/C62H45N/c1-61(2)56-28-16-14-26-51(56)53-35-33-49(40-58(53)61)63(60-37-32-45(42-18-6-3-7-19-42)39-55(60)46-31-30-43-20-12-13-21-44(43)38-46)50-34-36-54-52-27-15-17-29-57(52)62(59(54)41-50,47-22-8-4-9-23-47)48-24-10-5-11-25-48/h3-41H,1-2H3. The maximum atomic E-state index is 2.53. The minimum absolute atomic E-state index is 0.165. The zero-order chi connectivity index (χ0) is 42.1. The van der Waals surface area contributed by atoms with Crippen LogP contribution in [0.5, 0.6) is 0 Å². The average molecular weight is 804 g/mol. The third-order valence-corrected chi connectivity index (χ3v) is 13.9. The van der Waals surface area contributed by atoms with Gasteiger partial charge in [0.05, 0.1) is 11.1 Å². The highest BCUT2D eigenvalue weighted by Gasteiger charge is 2.46. The summed E-state index contributed by atoms with van der Waals surface area (Å²) in [5.74, 6) is 0. The number of fused-ring (bicyclic) bond motifs is 7. The quantitative estimate of drug-likeness (QED) is 0.155. The molecule has 0 saturated heterocycles. The molecule has 0 unspecified atom stereocenters. The van der Waals surface area contributed by atoms with Gasteiger partial charge in [0.25, 0.3) is 0 Å². The third kappa shape index (κ3) is 5.70. The van der Waals surface area contributed by atoms with E-state index >= 15 is 0 Å². The number of anilines is 3. The molecule has 0 spiro atoms. The first-order valence-electron chi connectivity index (χ1n) is 22.1. The monoisotopic (exact) mass is 803 g/mol. The second-order valence-corrected chi connectivity index (χ2v) is 17.7. The molecule has 0 amide bonds. The molecule has 10 aromatic rings. The van der Waals surface area contributed by atoms with E-state index in [0.717, 1.165) is 17.1 Å². The molecular weight excluding hydrogens is 759 g/mol. The van der Waals surface area contributed by atoms with Crippen LogP contribution in [0.3, 0.4) is 0 Å². The van der Waals surface area contributed by atoms with E-state index in [4.69, 9.17) is 0 Å². The highest BCUT2D eigenvalue weighted by molar-refractivity contribution is 5.97. The molecule has 1 heteroatoms. The molecule has 10 aromatic carbocycles. The van der Waals surface area contributed by atoms with Crippen LogP contribution in [-0.2, 0) is 10.8 Å². The summed E-state index contributed by atoms with van der Waals surface area (Å²) in [5, 5.41) is 2.45. The van der Waals surface area contributed by atoms with Gasteiger partial charge in [-0.1, -0.05) is 208 Å². The molecule has 0 heterocycles. The van der Waals surface area contributed by atoms with E-state index in [1.165, 1.54) is 88.7 Å². The summed E-state index contributed by atoms with van der Waals surface area (Å²) in [4.78, 5) is 2.53. The Labute approximate surface area is 370 Å². The molecule has 0 saturated carbocycles. The Hall–Kier alpha value is -7.74. The second kappa shape index (κ2) is 14.4. The van der Waals surface area contributed by atoms with Crippen molar-refractivity contribution < 1.29 is 0 Å². The van der Waals surface area contributed by atoms with Gasteiger partial charge < -0.3 is 4.90 Å². The summed E-state index contributed by atoms with van der Waals surface area (Å²) in [5.41, 5.74) is 20.4. The highest BCUT2D eigenvalue weighted by atomic mass is 15.1. The van der Waals surface area contributed by atoms with E-state index in [1.54, 1.807) is 0 Å². The Kier molecular flexibility index (Phi) is 8.49. The van der Waals surface area contributed by atoms with E-state index in [0.29, 0.717) is 0 Å². The summed E-state index contributed by atoms with van der Waals surface area (Å²) in [7, 11) is 0. The summed E-state index contributed by atoms with van der Waals surface area (Å²) < 4.78 is 0. The van der Waals surface area contributed by atoms with E-state index < -0.39 is 5.41 Å². The van der Waals surface area contributed by atoms with E-state index in [1.807, 2.05) is 0 Å². The highest BCUT2D eigenvalue weighted by Crippen LogP contribution is 2.58. The molecule has 0 atom stereocenters. The SMILES string of the molecule is CC1(C)c2ccccc2-c2ccc(N(c3ccc4c(c3)C(c3ccccc3)(c3ccccc3)c3ccccc3-4)c3ccc(-c4ccccc4)cc3-c3ccc4ccccc4c3)cc21. The average Bonchev–Trinajstić information content (AvgIpc) is 3.77. The molecule has 298 valence electrons. The van der Waals surface area contributed by atoms with Crippen LogP contribution in [-0.4, -0.2) is 0 Å². The number of benzene rings is 10. The van der Waals surface area contributed by atoms with Crippen LogP contribution in [0.4, 0.5) is 17.1 Å². The fraction of sp³-hybridized carbons (Fsp3) is 0.0645. The van der Waals surface area contributed by atoms with Gasteiger partial charge in [0.2, 0.25) is 0 Å². The van der Waals surface area contributed by atoms with Gasteiger partial charge in [-0.15, -0.1) is 0 Å². The first-order valence-corrected chi connectivity index (χ1v) is 22.1. The normalized spacial score (nSPS) is 13.8. The third-order valence-electron chi connectivity index (χ3n) is 13.9. The summed E-state index contributed by atoms with van der Waals surface area (Å²) in [6, 6.07) is 88.0. The van der Waals surface area contributed by atoms with E-state index in [9.17, 15) is 0 Å². The first-order chi connectivity index (χ1) is 31.0. The van der Waals surface area contributed by atoms with Crippen molar-refractivity contribution >= 4 is 27.8 Å². The van der Waals surface area contributed by atoms with Gasteiger partial charge in [-0.2, -0.15) is 0 Å². The van der Waals surface area contributed by atoms with E-state index in [2.05, 4.69) is 255 Å². The Morgan fingerprint density at radius 3 is 1.49 bits per heavy atom. The van der Waals surface area contributed by atoms with Gasteiger partial charge >= 0.3 is 0 Å². The predicted octanol–water partition coefficient (Wildman–Crippen LogP) is 16.3. The molecule has 1 nitrogen and oxygen atoms in total. The largest absolute Gasteiger partial charge is 0.310 e. The molecule has 2 aliphatic rings. The molecule has 2 aliphatic carbocycles. The van der Waals surface area contributed by atoms with Crippen molar-refractivity contribution in [3.05, 3.63) is 270 Å². The minimum atomic E-state index is -0.532. The smallest absolute Gasteiger partial charge is 0.0714 e. The van der Waals surface area contributed by atoms with Gasteiger partial charge in [-0.3, -0.25) is 0 Å². The Morgan fingerprint density at radius 1 is 0.302 bits per heavy atom. The van der Waals surface area contributed by atoms with Crippen LogP contribution in [0.15, 0.2) is 237 Å². The minimum Gasteiger partial charge on any atom is -0.310 e. The van der Waals surface area contributed by atoms with Crippen molar-refractivity contribution in [3.63, 3.8) is 0 Å². The molecule has 0 radical (unpaired) electrons. The number of rotatable bonds is 7. The lowest BCUT2D eigenvalue weighted by Gasteiger charge is -2.35. The van der Waals surface area contributed by atoms with Crippen molar-refractivity contribution in [1.82, 2.24) is 0 Å². The van der Waals surface area contributed by atoms with Gasteiger partial charge in [-0.05, 0) is 126 Å². The molecule has 63 heavy (non-hydrogen) atoms. The zero-order valence-corrected chi connectivity index (χ0v) is 35.5. The lowest BCUT2D eigenvalue weighted by molar-refractivity contribution is 0.660. The summed E-state index contributed by atoms with van der Waals surface area (Å²) in [6.45, 7) is 4.75. The van der Waals surface area contributed by atoms with Gasteiger partial charge in [0, 0.05) is 22.4 Å². The van der Waals surface area contributed by atoms with Gasteiger partial charge in [0.15, 0.2) is 0 Å². The molecule has 0 bridgehead atoms. The lowest BCUT2D eigenvalue weighted by Crippen LogP contribution is -2.28. The maximum absolute atomic E-state index is 2.53. The van der Waals surface area contributed by atoms with Crippen LogP contribution in [0.1, 0.15) is 47.2 Å². The van der Waals surface area contributed by atoms with Crippen LogP contribution < -0.4 is 4.90 Å². The molecular formula is C62H45N.